The highest BCUT2D eigenvalue weighted by Gasteiger charge is 2.27. The number of nitrogens with zero attached hydrogens (tertiary/aromatic N) is 3. The van der Waals surface area contributed by atoms with Crippen LogP contribution in [0, 0.1) is 0 Å². The second-order valence-electron chi connectivity index (χ2n) is 8.07. The van der Waals surface area contributed by atoms with Crippen LogP contribution in [0.1, 0.15) is 16.1 Å². The molecule has 0 spiro atoms. The van der Waals surface area contributed by atoms with Gasteiger partial charge < -0.3 is 30.9 Å². The minimum Gasteiger partial charge on any atom is -0.378 e. The van der Waals surface area contributed by atoms with Crippen LogP contribution in [0.2, 0.25) is 0 Å². The summed E-state index contributed by atoms with van der Waals surface area (Å²) in [5.74, 6) is 0.238. The van der Waals surface area contributed by atoms with E-state index in [9.17, 15) is 9.59 Å². The van der Waals surface area contributed by atoms with Crippen molar-refractivity contribution in [3.63, 3.8) is 0 Å². The molecule has 2 aromatic carbocycles. The van der Waals surface area contributed by atoms with E-state index in [-0.39, 0.29) is 11.8 Å². The minimum atomic E-state index is -0.299. The van der Waals surface area contributed by atoms with Crippen LogP contribution in [0.5, 0.6) is 0 Å². The van der Waals surface area contributed by atoms with Crippen LogP contribution in [-0.4, -0.2) is 48.1 Å². The molecule has 1 fully saturated rings. The summed E-state index contributed by atoms with van der Waals surface area (Å²) in [5.41, 5.74) is 4.26. The number of benzene rings is 2. The maximum atomic E-state index is 12.5. The van der Waals surface area contributed by atoms with E-state index in [1.165, 1.54) is 6.08 Å². The van der Waals surface area contributed by atoms with Crippen molar-refractivity contribution in [2.75, 3.05) is 47.2 Å². The van der Waals surface area contributed by atoms with Crippen LogP contribution < -0.4 is 26.2 Å². The molecule has 0 bridgehead atoms. The van der Waals surface area contributed by atoms with Gasteiger partial charge in [0.25, 0.3) is 5.91 Å². The van der Waals surface area contributed by atoms with Crippen LogP contribution in [0.15, 0.2) is 61.2 Å². The summed E-state index contributed by atoms with van der Waals surface area (Å²) in [7, 11) is 0. The topological polar surface area (TPSA) is 121 Å². The van der Waals surface area contributed by atoms with Crippen molar-refractivity contribution in [2.24, 2.45) is 0 Å². The van der Waals surface area contributed by atoms with E-state index in [0.29, 0.717) is 40.9 Å². The van der Waals surface area contributed by atoms with Gasteiger partial charge >= 0.3 is 0 Å². The van der Waals surface area contributed by atoms with Gasteiger partial charge in [0.1, 0.15) is 11.4 Å². The van der Waals surface area contributed by atoms with Gasteiger partial charge in [0.05, 0.1) is 25.5 Å². The number of fused-ring (bicyclic) bond motifs is 1. The molecule has 3 heterocycles. The Morgan fingerprint density at radius 3 is 2.57 bits per heavy atom. The van der Waals surface area contributed by atoms with Crippen molar-refractivity contribution in [3.05, 3.63) is 72.4 Å². The molecule has 0 atom stereocenters. The highest BCUT2D eigenvalue weighted by molar-refractivity contribution is 6.03. The first kappa shape index (κ1) is 22.4. The van der Waals surface area contributed by atoms with Gasteiger partial charge in [-0.05, 0) is 48.5 Å². The van der Waals surface area contributed by atoms with Crippen LogP contribution in [-0.2, 0) is 16.1 Å². The van der Waals surface area contributed by atoms with Gasteiger partial charge in [-0.25, -0.2) is 4.98 Å². The molecule has 3 aromatic rings. The Hall–Kier alpha value is -4.44. The summed E-state index contributed by atoms with van der Waals surface area (Å²) in [4.78, 5) is 35.4. The maximum absolute atomic E-state index is 12.5. The summed E-state index contributed by atoms with van der Waals surface area (Å²) in [5, 5.41) is 12.0. The van der Waals surface area contributed by atoms with Crippen LogP contribution in [0.4, 0.5) is 34.5 Å². The largest absolute Gasteiger partial charge is 0.378 e. The number of aromatic nitrogens is 2. The number of ether oxygens (including phenoxy) is 1. The molecule has 0 saturated carbocycles. The van der Waals surface area contributed by atoms with Crippen molar-refractivity contribution in [3.8, 4) is 0 Å². The molecular weight excluding hydrogens is 446 g/mol. The lowest BCUT2D eigenvalue weighted by molar-refractivity contribution is -0.111. The Morgan fingerprint density at radius 1 is 1.03 bits per heavy atom. The summed E-state index contributed by atoms with van der Waals surface area (Å²) in [6.07, 6.45) is 1.21. The maximum Gasteiger partial charge on any atom is 0.257 e. The molecule has 4 N–H and O–H groups in total. The number of carbonyl (C=O) groups is 2. The Bertz CT molecular complexity index is 1270. The number of hydrogen-bond donors (Lipinski definition) is 4. The van der Waals surface area contributed by atoms with Gasteiger partial charge in [0.15, 0.2) is 0 Å². The number of anilines is 6. The zero-order valence-electron chi connectivity index (χ0n) is 19.0. The summed E-state index contributed by atoms with van der Waals surface area (Å²) in [6, 6.07) is 15.2. The number of amides is 2. The zero-order valence-corrected chi connectivity index (χ0v) is 19.0. The first-order chi connectivity index (χ1) is 17.1. The molecule has 35 heavy (non-hydrogen) atoms. The lowest BCUT2D eigenvalue weighted by atomic mass is 10.2. The van der Waals surface area contributed by atoms with E-state index in [2.05, 4.69) is 42.7 Å². The van der Waals surface area contributed by atoms with Gasteiger partial charge in [-0.2, -0.15) is 4.98 Å². The van der Waals surface area contributed by atoms with Crippen molar-refractivity contribution < 1.29 is 14.3 Å². The normalized spacial score (nSPS) is 14.6. The van der Waals surface area contributed by atoms with Crippen LogP contribution in [0.25, 0.3) is 0 Å². The quantitative estimate of drug-likeness (QED) is 0.388. The van der Waals surface area contributed by atoms with Crippen LogP contribution in [0.3, 0.4) is 0 Å². The number of rotatable bonds is 7. The molecule has 2 aliphatic rings. The molecule has 178 valence electrons. The SMILES string of the molecule is C=CC(=O)Nc1cccc(Nc2nc3c(c(Nc4ccc(N5CCOCC5)cc4)n2)C(=O)NC3)c1. The van der Waals surface area contributed by atoms with E-state index in [0.717, 1.165) is 37.7 Å². The highest BCUT2D eigenvalue weighted by atomic mass is 16.5. The Morgan fingerprint density at radius 2 is 1.80 bits per heavy atom. The second kappa shape index (κ2) is 9.82. The Labute approximate surface area is 202 Å². The molecule has 10 nitrogen and oxygen atoms in total. The molecular formula is C25H25N7O3. The van der Waals surface area contributed by atoms with Gasteiger partial charge in [0.2, 0.25) is 11.9 Å². The average molecular weight is 472 g/mol. The molecule has 5 rings (SSSR count). The van der Waals surface area contributed by atoms with Crippen molar-refractivity contribution >= 4 is 46.3 Å². The molecule has 0 unspecified atom stereocenters. The molecule has 0 radical (unpaired) electrons. The zero-order chi connectivity index (χ0) is 24.2. The Balaban J connectivity index is 1.38. The number of morpholine rings is 1. The monoisotopic (exact) mass is 471 g/mol. The third-order valence-electron chi connectivity index (χ3n) is 5.71. The predicted octanol–water partition coefficient (Wildman–Crippen LogP) is 3.17. The second-order valence-corrected chi connectivity index (χ2v) is 8.07. The summed E-state index contributed by atoms with van der Waals surface area (Å²) >= 11 is 0. The fourth-order valence-electron chi connectivity index (χ4n) is 3.98. The first-order valence-corrected chi connectivity index (χ1v) is 11.3. The third-order valence-corrected chi connectivity index (χ3v) is 5.71. The third kappa shape index (κ3) is 5.07. The first-order valence-electron chi connectivity index (χ1n) is 11.3. The average Bonchev–Trinajstić information content (AvgIpc) is 3.26. The van der Waals surface area contributed by atoms with Crippen molar-refractivity contribution in [2.45, 2.75) is 6.54 Å². The fourth-order valence-corrected chi connectivity index (χ4v) is 3.98. The standard InChI is InChI=1S/C25H25N7O3/c1-2-21(33)27-17-4-3-5-18(14-17)29-25-30-20-15-26-24(34)22(20)23(31-25)28-16-6-8-19(9-7-16)32-10-12-35-13-11-32/h2-9,14H,1,10-13,15H2,(H,26,34)(H,27,33)(H2,28,29,30,31). The number of hydrogen-bond acceptors (Lipinski definition) is 8. The lowest BCUT2D eigenvalue weighted by Crippen LogP contribution is -2.36. The summed E-state index contributed by atoms with van der Waals surface area (Å²) < 4.78 is 5.42. The van der Waals surface area contributed by atoms with E-state index in [1.807, 2.05) is 30.3 Å². The number of nitrogens with one attached hydrogen (secondary N) is 4. The van der Waals surface area contributed by atoms with E-state index in [1.54, 1.807) is 18.2 Å². The van der Waals surface area contributed by atoms with Crippen molar-refractivity contribution in [1.82, 2.24) is 15.3 Å². The fraction of sp³-hybridized carbons (Fsp3) is 0.200. The van der Waals surface area contributed by atoms with E-state index in [4.69, 9.17) is 4.74 Å². The summed E-state index contributed by atoms with van der Waals surface area (Å²) in [6.45, 7) is 6.96. The predicted molar refractivity (Wildman–Crippen MR) is 135 cm³/mol. The lowest BCUT2D eigenvalue weighted by Gasteiger charge is -2.28. The molecule has 10 heteroatoms. The molecule has 0 aliphatic carbocycles. The van der Waals surface area contributed by atoms with Gasteiger partial charge in [0, 0.05) is 35.8 Å². The minimum absolute atomic E-state index is 0.215. The van der Waals surface area contributed by atoms with Crippen molar-refractivity contribution in [1.29, 1.82) is 0 Å². The van der Waals surface area contributed by atoms with E-state index >= 15 is 0 Å². The van der Waals surface area contributed by atoms with Gasteiger partial charge in [-0.1, -0.05) is 12.6 Å². The molecule has 2 amide bonds. The Kier molecular flexibility index (Phi) is 6.27. The molecule has 1 aromatic heterocycles. The van der Waals surface area contributed by atoms with Gasteiger partial charge in [-0.3, -0.25) is 9.59 Å². The molecule has 2 aliphatic heterocycles. The van der Waals surface area contributed by atoms with Gasteiger partial charge in [-0.15, -0.1) is 0 Å². The molecule has 1 saturated heterocycles. The number of carbonyl (C=O) groups excluding carboxylic acids is 2. The highest BCUT2D eigenvalue weighted by Crippen LogP contribution is 2.28. The van der Waals surface area contributed by atoms with E-state index < -0.39 is 0 Å². The van der Waals surface area contributed by atoms with Crippen LogP contribution >= 0.6 is 0 Å². The smallest absolute Gasteiger partial charge is 0.257 e.